The fourth-order valence-electron chi connectivity index (χ4n) is 4.86. The van der Waals surface area contributed by atoms with Crippen LogP contribution < -0.4 is 26.2 Å². The van der Waals surface area contributed by atoms with Crippen LogP contribution >= 0.6 is 11.6 Å². The molecule has 0 atom stereocenters. The van der Waals surface area contributed by atoms with Crippen molar-refractivity contribution in [2.45, 2.75) is 32.2 Å². The highest BCUT2D eigenvalue weighted by Gasteiger charge is 2.30. The van der Waals surface area contributed by atoms with Crippen molar-refractivity contribution in [1.29, 1.82) is 0 Å². The summed E-state index contributed by atoms with van der Waals surface area (Å²) in [5.41, 5.74) is 10.5. The zero-order valence-corrected chi connectivity index (χ0v) is 22.8. The Hall–Kier alpha value is -4.14. The Morgan fingerprint density at radius 1 is 1.05 bits per heavy atom. The van der Waals surface area contributed by atoms with Gasteiger partial charge < -0.3 is 26.2 Å². The minimum Gasteiger partial charge on any atom is -0.354 e. The standard InChI is InChI=1S/C30H30ClN5O3/c1-30(2,32)29(39)35(3)21-13-9-20(10-14-21)33-27(26-23-15-8-19(31)17-24(23)34-28(26)38)18-6-11-22(12-7-18)36-16-4-5-25(36)37/h6-15,17,33H,4-5,16,32H2,1-3H3,(H,34,38)/b27-26-. The summed E-state index contributed by atoms with van der Waals surface area (Å²) in [6.07, 6.45) is 1.40. The van der Waals surface area contributed by atoms with Crippen LogP contribution in [-0.2, 0) is 14.4 Å². The molecule has 1 fully saturated rings. The van der Waals surface area contributed by atoms with Gasteiger partial charge in [-0.3, -0.25) is 14.4 Å². The third kappa shape index (κ3) is 5.26. The number of nitrogens with one attached hydrogen (secondary N) is 2. The first-order valence-electron chi connectivity index (χ1n) is 12.7. The van der Waals surface area contributed by atoms with E-state index < -0.39 is 5.54 Å². The molecule has 0 aromatic heterocycles. The van der Waals surface area contributed by atoms with Gasteiger partial charge in [0.1, 0.15) is 0 Å². The molecule has 1 saturated heterocycles. The predicted octanol–water partition coefficient (Wildman–Crippen LogP) is 5.10. The predicted molar refractivity (Wildman–Crippen MR) is 157 cm³/mol. The number of nitrogens with zero attached hydrogens (tertiary/aromatic N) is 2. The average molecular weight is 544 g/mol. The molecule has 39 heavy (non-hydrogen) atoms. The summed E-state index contributed by atoms with van der Waals surface area (Å²) < 4.78 is 0. The van der Waals surface area contributed by atoms with Crippen LogP contribution in [0.25, 0.3) is 11.3 Å². The molecule has 3 amide bonds. The van der Waals surface area contributed by atoms with E-state index in [1.165, 1.54) is 4.90 Å². The minimum atomic E-state index is -0.999. The SMILES string of the molecule is CN(C(=O)C(C)(C)N)c1ccc(N/C(=C2\C(=O)Nc3cc(Cl)ccc32)c2ccc(N3CCCC3=O)cc2)cc1. The number of benzene rings is 3. The molecule has 9 heteroatoms. The third-order valence-electron chi connectivity index (χ3n) is 6.90. The second kappa shape index (κ2) is 10.2. The van der Waals surface area contributed by atoms with Gasteiger partial charge in [0.2, 0.25) is 11.8 Å². The Kier molecular flexibility index (Phi) is 6.92. The van der Waals surface area contributed by atoms with Crippen LogP contribution in [0.15, 0.2) is 66.7 Å². The number of carbonyl (C=O) groups is 3. The van der Waals surface area contributed by atoms with Gasteiger partial charge >= 0.3 is 0 Å². The van der Waals surface area contributed by atoms with E-state index in [9.17, 15) is 14.4 Å². The number of hydrogen-bond donors (Lipinski definition) is 3. The van der Waals surface area contributed by atoms with Gasteiger partial charge in [0.15, 0.2) is 0 Å². The van der Waals surface area contributed by atoms with Crippen LogP contribution in [0.1, 0.15) is 37.8 Å². The largest absolute Gasteiger partial charge is 0.354 e. The van der Waals surface area contributed by atoms with Crippen molar-refractivity contribution in [3.05, 3.63) is 82.9 Å². The molecule has 8 nitrogen and oxygen atoms in total. The molecule has 2 heterocycles. The maximum Gasteiger partial charge on any atom is 0.258 e. The van der Waals surface area contributed by atoms with E-state index in [2.05, 4.69) is 10.6 Å². The van der Waals surface area contributed by atoms with Crippen LogP contribution in [0, 0.1) is 0 Å². The summed E-state index contributed by atoms with van der Waals surface area (Å²) in [7, 11) is 1.68. The van der Waals surface area contributed by atoms with Gasteiger partial charge in [0.05, 0.1) is 22.5 Å². The fourth-order valence-corrected chi connectivity index (χ4v) is 5.04. The molecule has 0 saturated carbocycles. The minimum absolute atomic E-state index is 0.113. The van der Waals surface area contributed by atoms with Crippen molar-refractivity contribution in [3.8, 4) is 0 Å². The summed E-state index contributed by atoms with van der Waals surface area (Å²) in [6.45, 7) is 4.04. The van der Waals surface area contributed by atoms with E-state index in [1.54, 1.807) is 37.9 Å². The Bertz CT molecular complexity index is 1490. The van der Waals surface area contributed by atoms with Crippen LogP contribution in [0.2, 0.25) is 5.02 Å². The van der Waals surface area contributed by atoms with Crippen LogP contribution in [0.3, 0.4) is 0 Å². The first-order chi connectivity index (χ1) is 18.5. The lowest BCUT2D eigenvalue weighted by molar-refractivity contribution is -0.122. The molecule has 3 aromatic carbocycles. The Balaban J connectivity index is 1.53. The van der Waals surface area contributed by atoms with E-state index in [0.717, 1.165) is 28.9 Å². The van der Waals surface area contributed by atoms with Gasteiger partial charge in [-0.25, -0.2) is 0 Å². The molecule has 5 rings (SSSR count). The normalized spacial score (nSPS) is 16.2. The van der Waals surface area contributed by atoms with Crippen molar-refractivity contribution < 1.29 is 14.4 Å². The zero-order valence-electron chi connectivity index (χ0n) is 22.0. The molecule has 0 radical (unpaired) electrons. The topological polar surface area (TPSA) is 108 Å². The highest BCUT2D eigenvalue weighted by Crippen LogP contribution is 2.39. The Morgan fingerprint density at radius 3 is 2.36 bits per heavy atom. The van der Waals surface area contributed by atoms with Crippen molar-refractivity contribution >= 4 is 63.3 Å². The van der Waals surface area contributed by atoms with Crippen molar-refractivity contribution in [3.63, 3.8) is 0 Å². The number of likely N-dealkylation sites (N-methyl/N-ethyl adjacent to an activating group) is 1. The number of carbonyl (C=O) groups excluding carboxylic acids is 3. The highest BCUT2D eigenvalue weighted by atomic mass is 35.5. The Morgan fingerprint density at radius 2 is 1.74 bits per heavy atom. The van der Waals surface area contributed by atoms with Gasteiger partial charge in [0.25, 0.3) is 5.91 Å². The lowest BCUT2D eigenvalue weighted by Gasteiger charge is -2.26. The quantitative estimate of drug-likeness (QED) is 0.375. The number of halogens is 1. The first kappa shape index (κ1) is 26.5. The van der Waals surface area contributed by atoms with Gasteiger partial charge in [-0.15, -0.1) is 0 Å². The number of fused-ring (bicyclic) bond motifs is 1. The molecule has 3 aromatic rings. The van der Waals surface area contributed by atoms with Gasteiger partial charge in [-0.1, -0.05) is 29.8 Å². The summed E-state index contributed by atoms with van der Waals surface area (Å²) in [5, 5.41) is 6.86. The number of nitrogens with two attached hydrogens (primary N) is 1. The monoisotopic (exact) mass is 543 g/mol. The molecule has 200 valence electrons. The fraction of sp³-hybridized carbons (Fsp3) is 0.233. The number of anilines is 4. The molecule has 0 bridgehead atoms. The summed E-state index contributed by atoms with van der Waals surface area (Å²) >= 11 is 6.18. The van der Waals surface area contributed by atoms with E-state index in [4.69, 9.17) is 17.3 Å². The molecule has 2 aliphatic rings. The lowest BCUT2D eigenvalue weighted by atomic mass is 9.99. The molecule has 0 unspecified atom stereocenters. The average Bonchev–Trinajstić information content (AvgIpc) is 3.48. The molecule has 0 aliphatic carbocycles. The second-order valence-electron chi connectivity index (χ2n) is 10.3. The molecule has 0 spiro atoms. The number of amides is 3. The van der Waals surface area contributed by atoms with E-state index >= 15 is 0 Å². The van der Waals surface area contributed by atoms with Gasteiger partial charge in [0, 0.05) is 47.7 Å². The smallest absolute Gasteiger partial charge is 0.258 e. The maximum atomic E-state index is 13.2. The van der Waals surface area contributed by atoms with Crippen LogP contribution in [0.4, 0.5) is 22.7 Å². The van der Waals surface area contributed by atoms with Crippen LogP contribution in [0.5, 0.6) is 0 Å². The highest BCUT2D eigenvalue weighted by molar-refractivity contribution is 6.38. The van der Waals surface area contributed by atoms with E-state index in [1.807, 2.05) is 54.6 Å². The van der Waals surface area contributed by atoms with Crippen LogP contribution in [-0.4, -0.2) is 36.9 Å². The number of rotatable bonds is 6. The molecular formula is C30H30ClN5O3. The second-order valence-corrected chi connectivity index (χ2v) is 10.8. The molecular weight excluding hydrogens is 514 g/mol. The van der Waals surface area contributed by atoms with Gasteiger partial charge in [-0.05, 0) is 74.4 Å². The first-order valence-corrected chi connectivity index (χ1v) is 13.1. The van der Waals surface area contributed by atoms with Crippen molar-refractivity contribution in [2.24, 2.45) is 5.73 Å². The summed E-state index contributed by atoms with van der Waals surface area (Å²) in [6, 6.07) is 20.2. The maximum absolute atomic E-state index is 13.2. The number of hydrogen-bond acceptors (Lipinski definition) is 5. The van der Waals surface area contributed by atoms with E-state index in [0.29, 0.717) is 40.6 Å². The summed E-state index contributed by atoms with van der Waals surface area (Å²) in [5.74, 6) is -0.344. The zero-order chi connectivity index (χ0) is 27.9. The molecule has 2 aliphatic heterocycles. The molecule has 4 N–H and O–H groups in total. The van der Waals surface area contributed by atoms with Crippen molar-refractivity contribution in [1.82, 2.24) is 0 Å². The van der Waals surface area contributed by atoms with E-state index in [-0.39, 0.29) is 17.7 Å². The summed E-state index contributed by atoms with van der Waals surface area (Å²) in [4.78, 5) is 41.4. The Labute approximate surface area is 232 Å². The lowest BCUT2D eigenvalue weighted by Crippen LogP contribution is -2.49. The third-order valence-corrected chi connectivity index (χ3v) is 7.13. The van der Waals surface area contributed by atoms with Gasteiger partial charge in [-0.2, -0.15) is 0 Å². The van der Waals surface area contributed by atoms with Crippen molar-refractivity contribution in [2.75, 3.05) is 34.0 Å².